The minimum absolute atomic E-state index is 0.0306. The molecule has 1 aromatic heterocycles. The lowest BCUT2D eigenvalue weighted by Gasteiger charge is -2.06. The number of hydrogen-bond donors (Lipinski definition) is 2. The summed E-state index contributed by atoms with van der Waals surface area (Å²) >= 11 is 4.88. The molecular weight excluding hydrogens is 270 g/mol. The number of hydrogen-bond acceptors (Lipinski definition) is 3. The van der Waals surface area contributed by atoms with Crippen molar-refractivity contribution in [2.45, 2.75) is 13.0 Å². The highest BCUT2D eigenvalue weighted by Crippen LogP contribution is 2.05. The summed E-state index contributed by atoms with van der Waals surface area (Å²) in [5, 5.41) is 2.86. The maximum absolute atomic E-state index is 11.8. The Morgan fingerprint density at radius 1 is 1.20 bits per heavy atom. The molecule has 2 aromatic rings. The summed E-state index contributed by atoms with van der Waals surface area (Å²) in [7, 11) is 0. The fourth-order valence-corrected chi connectivity index (χ4v) is 1.87. The summed E-state index contributed by atoms with van der Waals surface area (Å²) in [4.78, 5) is 16.2. The molecule has 0 spiro atoms. The Bertz CT molecular complexity index is 596. The van der Waals surface area contributed by atoms with Crippen LogP contribution in [0.15, 0.2) is 48.8 Å². The van der Waals surface area contributed by atoms with Gasteiger partial charge in [0.05, 0.1) is 6.42 Å². The van der Waals surface area contributed by atoms with Gasteiger partial charge in [0.15, 0.2) is 0 Å². The van der Waals surface area contributed by atoms with Crippen LogP contribution in [0.4, 0.5) is 0 Å². The number of rotatable bonds is 5. The largest absolute Gasteiger partial charge is 0.389 e. The third kappa shape index (κ3) is 4.13. The van der Waals surface area contributed by atoms with E-state index in [-0.39, 0.29) is 5.91 Å². The minimum Gasteiger partial charge on any atom is -0.389 e. The van der Waals surface area contributed by atoms with Crippen molar-refractivity contribution in [1.82, 2.24) is 10.3 Å². The van der Waals surface area contributed by atoms with Gasteiger partial charge in [0.25, 0.3) is 0 Å². The van der Waals surface area contributed by atoms with E-state index in [2.05, 4.69) is 10.3 Å². The second kappa shape index (κ2) is 6.77. The number of nitrogens with zero attached hydrogens (tertiary/aromatic N) is 1. The van der Waals surface area contributed by atoms with E-state index in [4.69, 9.17) is 18.0 Å². The van der Waals surface area contributed by atoms with Crippen LogP contribution >= 0.6 is 12.2 Å². The highest BCUT2D eigenvalue weighted by Gasteiger charge is 2.04. The Hall–Kier alpha value is -2.27. The molecule has 102 valence electrons. The highest BCUT2D eigenvalue weighted by molar-refractivity contribution is 7.80. The SMILES string of the molecule is NC(=S)c1ccc(CC(=O)NCc2cccnc2)cc1. The number of amides is 1. The molecule has 3 N–H and O–H groups in total. The monoisotopic (exact) mass is 285 g/mol. The molecular formula is C15H15N3OS. The molecule has 0 atom stereocenters. The van der Waals surface area contributed by atoms with E-state index < -0.39 is 0 Å². The van der Waals surface area contributed by atoms with Crippen molar-refractivity contribution in [1.29, 1.82) is 0 Å². The van der Waals surface area contributed by atoms with Crippen LogP contribution in [0.25, 0.3) is 0 Å². The summed E-state index contributed by atoms with van der Waals surface area (Å²) in [6.07, 6.45) is 3.77. The van der Waals surface area contributed by atoms with E-state index in [1.807, 2.05) is 36.4 Å². The molecule has 20 heavy (non-hydrogen) atoms. The van der Waals surface area contributed by atoms with Crippen molar-refractivity contribution in [3.05, 3.63) is 65.5 Å². The molecule has 0 bridgehead atoms. The zero-order chi connectivity index (χ0) is 14.4. The predicted molar refractivity (Wildman–Crippen MR) is 82.1 cm³/mol. The van der Waals surface area contributed by atoms with Crippen molar-refractivity contribution in [3.8, 4) is 0 Å². The second-order valence-corrected chi connectivity index (χ2v) is 4.82. The number of thiocarbonyl (C=S) groups is 1. The lowest BCUT2D eigenvalue weighted by molar-refractivity contribution is -0.120. The number of pyridine rings is 1. The Labute approximate surface area is 123 Å². The van der Waals surface area contributed by atoms with Gasteiger partial charge in [-0.2, -0.15) is 0 Å². The van der Waals surface area contributed by atoms with Crippen LogP contribution < -0.4 is 11.1 Å². The van der Waals surface area contributed by atoms with Gasteiger partial charge in [0.1, 0.15) is 4.99 Å². The Morgan fingerprint density at radius 2 is 1.95 bits per heavy atom. The topological polar surface area (TPSA) is 68.0 Å². The van der Waals surface area contributed by atoms with Crippen molar-refractivity contribution in [2.75, 3.05) is 0 Å². The number of aromatic nitrogens is 1. The number of carbonyl (C=O) groups is 1. The van der Waals surface area contributed by atoms with E-state index in [0.29, 0.717) is 18.0 Å². The summed E-state index contributed by atoms with van der Waals surface area (Å²) in [6.45, 7) is 0.484. The van der Waals surface area contributed by atoms with Crippen molar-refractivity contribution >= 4 is 23.1 Å². The van der Waals surface area contributed by atoms with Gasteiger partial charge in [-0.1, -0.05) is 42.5 Å². The summed E-state index contributed by atoms with van der Waals surface area (Å²) in [6, 6.07) is 11.1. The molecule has 1 heterocycles. The van der Waals surface area contributed by atoms with E-state index in [0.717, 1.165) is 16.7 Å². The van der Waals surface area contributed by atoms with Crippen LogP contribution in [0.3, 0.4) is 0 Å². The molecule has 0 aliphatic heterocycles. The van der Waals surface area contributed by atoms with Gasteiger partial charge in [0, 0.05) is 24.5 Å². The number of nitrogens with two attached hydrogens (primary N) is 1. The normalized spacial score (nSPS) is 10.0. The molecule has 1 aromatic carbocycles. The van der Waals surface area contributed by atoms with E-state index in [1.54, 1.807) is 12.4 Å². The van der Waals surface area contributed by atoms with Crippen LogP contribution in [0.5, 0.6) is 0 Å². The maximum atomic E-state index is 11.8. The molecule has 1 amide bonds. The molecule has 4 nitrogen and oxygen atoms in total. The van der Waals surface area contributed by atoms with Gasteiger partial charge >= 0.3 is 0 Å². The molecule has 0 saturated heterocycles. The van der Waals surface area contributed by atoms with Gasteiger partial charge in [-0.05, 0) is 17.2 Å². The first-order valence-electron chi connectivity index (χ1n) is 6.19. The molecule has 2 rings (SSSR count). The number of benzene rings is 1. The first-order chi connectivity index (χ1) is 9.65. The molecule has 0 unspecified atom stereocenters. The fourth-order valence-electron chi connectivity index (χ4n) is 1.74. The Kier molecular flexibility index (Phi) is 4.79. The van der Waals surface area contributed by atoms with Crippen molar-refractivity contribution in [3.63, 3.8) is 0 Å². The van der Waals surface area contributed by atoms with Gasteiger partial charge in [-0.25, -0.2) is 0 Å². The zero-order valence-corrected chi connectivity index (χ0v) is 11.7. The maximum Gasteiger partial charge on any atom is 0.224 e. The first-order valence-corrected chi connectivity index (χ1v) is 6.60. The van der Waals surface area contributed by atoms with Gasteiger partial charge in [0.2, 0.25) is 5.91 Å². The smallest absolute Gasteiger partial charge is 0.224 e. The number of nitrogens with one attached hydrogen (secondary N) is 1. The van der Waals surface area contributed by atoms with Gasteiger partial charge in [-0.15, -0.1) is 0 Å². The molecule has 0 saturated carbocycles. The Morgan fingerprint density at radius 3 is 2.55 bits per heavy atom. The van der Waals surface area contributed by atoms with Crippen LogP contribution in [-0.2, 0) is 17.8 Å². The lowest BCUT2D eigenvalue weighted by Crippen LogP contribution is -2.24. The third-order valence-electron chi connectivity index (χ3n) is 2.82. The lowest BCUT2D eigenvalue weighted by atomic mass is 10.1. The molecule has 0 aliphatic rings. The average Bonchev–Trinajstić information content (AvgIpc) is 2.47. The highest BCUT2D eigenvalue weighted by atomic mass is 32.1. The zero-order valence-electron chi connectivity index (χ0n) is 10.9. The van der Waals surface area contributed by atoms with Gasteiger partial charge < -0.3 is 11.1 Å². The quantitative estimate of drug-likeness (QED) is 0.818. The summed E-state index contributed by atoms with van der Waals surface area (Å²) in [5.74, 6) is -0.0306. The van der Waals surface area contributed by atoms with E-state index >= 15 is 0 Å². The van der Waals surface area contributed by atoms with Crippen LogP contribution in [0.1, 0.15) is 16.7 Å². The minimum atomic E-state index is -0.0306. The standard InChI is InChI=1S/C15H15N3OS/c16-15(20)13-5-3-11(4-6-13)8-14(19)18-10-12-2-1-7-17-9-12/h1-7,9H,8,10H2,(H2,16,20)(H,18,19). The Balaban J connectivity index is 1.86. The second-order valence-electron chi connectivity index (χ2n) is 4.38. The van der Waals surface area contributed by atoms with Crippen LogP contribution in [-0.4, -0.2) is 15.9 Å². The van der Waals surface area contributed by atoms with E-state index in [9.17, 15) is 4.79 Å². The molecule has 0 radical (unpaired) electrons. The van der Waals surface area contributed by atoms with Gasteiger partial charge in [-0.3, -0.25) is 9.78 Å². The molecule has 0 fully saturated rings. The van der Waals surface area contributed by atoms with Crippen molar-refractivity contribution in [2.24, 2.45) is 5.73 Å². The summed E-state index contributed by atoms with van der Waals surface area (Å²) < 4.78 is 0. The van der Waals surface area contributed by atoms with Crippen molar-refractivity contribution < 1.29 is 4.79 Å². The summed E-state index contributed by atoms with van der Waals surface area (Å²) in [5.41, 5.74) is 8.23. The average molecular weight is 285 g/mol. The van der Waals surface area contributed by atoms with Crippen LogP contribution in [0.2, 0.25) is 0 Å². The molecule has 0 aliphatic carbocycles. The predicted octanol–water partition coefficient (Wildman–Crippen LogP) is 1.57. The first kappa shape index (κ1) is 14.1. The third-order valence-corrected chi connectivity index (χ3v) is 3.05. The van der Waals surface area contributed by atoms with E-state index in [1.165, 1.54) is 0 Å². The fraction of sp³-hybridized carbons (Fsp3) is 0.133. The number of carbonyl (C=O) groups excluding carboxylic acids is 1. The van der Waals surface area contributed by atoms with Crippen LogP contribution in [0, 0.1) is 0 Å². The molecule has 5 heteroatoms.